The second-order valence-corrected chi connectivity index (χ2v) is 6.51. The summed E-state index contributed by atoms with van der Waals surface area (Å²) in [5.74, 6) is -3.04. The van der Waals surface area contributed by atoms with Crippen LogP contribution in [0, 0.1) is 0 Å². The van der Waals surface area contributed by atoms with E-state index in [1.807, 2.05) is 0 Å². The third-order valence-electron chi connectivity index (χ3n) is 3.12. The molecule has 0 saturated carbocycles. The second kappa shape index (κ2) is 8.46. The predicted octanol–water partition coefficient (Wildman–Crippen LogP) is 1.71. The highest BCUT2D eigenvalue weighted by Gasteiger charge is 2.24. The maximum Gasteiger partial charge on any atom is 0.326 e. The lowest BCUT2D eigenvalue weighted by molar-refractivity contribution is -0.157. The Morgan fingerprint density at radius 1 is 1.24 bits per heavy atom. The van der Waals surface area contributed by atoms with E-state index in [1.54, 1.807) is 20.8 Å². The standard InChI is InChI=1S/C17H22FNO6/c1-17(2,3)25-15(22)8-14(21)19-13(16(23)24)7-10-4-5-12(20)6-11(10)9-18/h4-6,13,20H,7-9H2,1-3H3,(H,19,21)(H,23,24)/t13-/m0/s1. The number of carbonyl (C=O) groups excluding carboxylic acids is 2. The van der Waals surface area contributed by atoms with Crippen molar-refractivity contribution < 1.29 is 33.7 Å². The van der Waals surface area contributed by atoms with E-state index in [1.165, 1.54) is 18.2 Å². The molecule has 0 saturated heterocycles. The first kappa shape index (κ1) is 20.4. The van der Waals surface area contributed by atoms with Crippen LogP contribution in [0.4, 0.5) is 4.39 Å². The zero-order chi connectivity index (χ0) is 19.2. The van der Waals surface area contributed by atoms with E-state index in [-0.39, 0.29) is 17.7 Å². The number of phenols is 1. The van der Waals surface area contributed by atoms with Crippen LogP contribution in [0.1, 0.15) is 38.3 Å². The number of phenolic OH excluding ortho intramolecular Hbond substituents is 1. The largest absolute Gasteiger partial charge is 0.508 e. The van der Waals surface area contributed by atoms with Crippen LogP contribution in [-0.2, 0) is 32.2 Å². The molecule has 0 aliphatic rings. The number of nitrogens with one attached hydrogen (secondary N) is 1. The van der Waals surface area contributed by atoms with Crippen molar-refractivity contribution in [2.75, 3.05) is 0 Å². The number of hydrogen-bond acceptors (Lipinski definition) is 5. The number of amides is 1. The van der Waals surface area contributed by atoms with Crippen molar-refractivity contribution in [1.29, 1.82) is 0 Å². The Morgan fingerprint density at radius 2 is 1.88 bits per heavy atom. The van der Waals surface area contributed by atoms with Crippen LogP contribution in [0.5, 0.6) is 5.75 Å². The average molecular weight is 355 g/mol. The van der Waals surface area contributed by atoms with Crippen molar-refractivity contribution in [2.24, 2.45) is 0 Å². The van der Waals surface area contributed by atoms with Crippen molar-refractivity contribution in [2.45, 2.75) is 51.9 Å². The minimum absolute atomic E-state index is 0.132. The van der Waals surface area contributed by atoms with E-state index in [9.17, 15) is 29.0 Å². The number of aliphatic carboxylic acids is 1. The maximum atomic E-state index is 13.0. The lowest BCUT2D eigenvalue weighted by Crippen LogP contribution is -2.43. The third kappa shape index (κ3) is 7.19. The summed E-state index contributed by atoms with van der Waals surface area (Å²) < 4.78 is 18.0. The predicted molar refractivity (Wildman–Crippen MR) is 86.7 cm³/mol. The number of aromatic hydroxyl groups is 1. The van der Waals surface area contributed by atoms with Gasteiger partial charge in [-0.1, -0.05) is 6.07 Å². The number of esters is 1. The Morgan fingerprint density at radius 3 is 2.40 bits per heavy atom. The fourth-order valence-corrected chi connectivity index (χ4v) is 2.11. The molecule has 1 aromatic rings. The summed E-state index contributed by atoms with van der Waals surface area (Å²) in [6.07, 6.45) is -0.804. The topological polar surface area (TPSA) is 113 Å². The molecule has 7 nitrogen and oxygen atoms in total. The number of carbonyl (C=O) groups is 3. The van der Waals surface area contributed by atoms with Crippen LogP contribution in [0.3, 0.4) is 0 Å². The molecule has 1 rings (SSSR count). The maximum absolute atomic E-state index is 13.0. The molecule has 0 fully saturated rings. The van der Waals surface area contributed by atoms with Crippen LogP contribution in [-0.4, -0.2) is 39.7 Å². The van der Waals surface area contributed by atoms with Gasteiger partial charge < -0.3 is 20.3 Å². The molecule has 0 aliphatic heterocycles. The summed E-state index contributed by atoms with van der Waals surface area (Å²) in [5.41, 5.74) is -0.288. The molecule has 0 spiro atoms. The van der Waals surface area contributed by atoms with Gasteiger partial charge in [0.1, 0.15) is 30.5 Å². The van der Waals surface area contributed by atoms with Gasteiger partial charge in [-0.3, -0.25) is 9.59 Å². The smallest absolute Gasteiger partial charge is 0.326 e. The number of hydrogen-bond donors (Lipinski definition) is 3. The van der Waals surface area contributed by atoms with Crippen LogP contribution < -0.4 is 5.32 Å². The van der Waals surface area contributed by atoms with Gasteiger partial charge in [0.05, 0.1) is 0 Å². The Kier molecular flexibility index (Phi) is 6.90. The number of rotatable bonds is 7. The van der Waals surface area contributed by atoms with E-state index < -0.39 is 42.6 Å². The molecule has 25 heavy (non-hydrogen) atoms. The first-order valence-electron chi connectivity index (χ1n) is 7.62. The molecule has 0 aromatic heterocycles. The van der Waals surface area contributed by atoms with Crippen LogP contribution >= 0.6 is 0 Å². The normalized spacial score (nSPS) is 12.3. The highest BCUT2D eigenvalue weighted by molar-refractivity contribution is 5.96. The van der Waals surface area contributed by atoms with Crippen molar-refractivity contribution in [3.05, 3.63) is 29.3 Å². The molecule has 0 heterocycles. The zero-order valence-electron chi connectivity index (χ0n) is 14.3. The lowest BCUT2D eigenvalue weighted by Gasteiger charge is -2.20. The van der Waals surface area contributed by atoms with Gasteiger partial charge in [-0.15, -0.1) is 0 Å². The van der Waals surface area contributed by atoms with E-state index in [0.29, 0.717) is 5.56 Å². The SMILES string of the molecule is CC(C)(C)OC(=O)CC(=O)N[C@@H](Cc1ccc(O)cc1CF)C(=O)O. The fourth-order valence-electron chi connectivity index (χ4n) is 2.11. The second-order valence-electron chi connectivity index (χ2n) is 6.51. The number of ether oxygens (including phenoxy) is 1. The molecule has 138 valence electrons. The number of halogens is 1. The minimum Gasteiger partial charge on any atom is -0.508 e. The Labute approximate surface area is 144 Å². The van der Waals surface area contributed by atoms with Crippen LogP contribution in [0.2, 0.25) is 0 Å². The molecule has 0 bridgehead atoms. The van der Waals surface area contributed by atoms with Gasteiger partial charge in [-0.25, -0.2) is 9.18 Å². The van der Waals surface area contributed by atoms with Crippen LogP contribution in [0.25, 0.3) is 0 Å². The monoisotopic (exact) mass is 355 g/mol. The molecular formula is C17H22FNO6. The quantitative estimate of drug-likeness (QED) is 0.507. The zero-order valence-corrected chi connectivity index (χ0v) is 14.3. The number of carboxylic acids is 1. The summed E-state index contributed by atoms with van der Waals surface area (Å²) in [5, 5.41) is 20.8. The van der Waals surface area contributed by atoms with Gasteiger partial charge in [-0.05, 0) is 44.0 Å². The highest BCUT2D eigenvalue weighted by atomic mass is 19.1. The van der Waals surface area contributed by atoms with Crippen molar-refractivity contribution >= 4 is 17.8 Å². The van der Waals surface area contributed by atoms with Gasteiger partial charge in [-0.2, -0.15) is 0 Å². The van der Waals surface area contributed by atoms with E-state index in [2.05, 4.69) is 5.32 Å². The van der Waals surface area contributed by atoms with E-state index in [4.69, 9.17) is 4.74 Å². The summed E-state index contributed by atoms with van der Waals surface area (Å²) in [7, 11) is 0. The van der Waals surface area contributed by atoms with Crippen molar-refractivity contribution in [3.63, 3.8) is 0 Å². The molecule has 1 aromatic carbocycles. The number of carboxylic acid groups (broad SMARTS) is 1. The first-order chi connectivity index (χ1) is 11.5. The molecule has 0 unspecified atom stereocenters. The van der Waals surface area contributed by atoms with Gasteiger partial charge in [0.2, 0.25) is 5.91 Å². The average Bonchev–Trinajstić information content (AvgIpc) is 2.45. The summed E-state index contributed by atoms with van der Waals surface area (Å²) in [6.45, 7) is 4.05. The highest BCUT2D eigenvalue weighted by Crippen LogP contribution is 2.19. The number of benzene rings is 1. The molecule has 3 N–H and O–H groups in total. The summed E-state index contributed by atoms with van der Waals surface area (Å²) in [4.78, 5) is 34.8. The van der Waals surface area contributed by atoms with E-state index >= 15 is 0 Å². The Balaban J connectivity index is 2.77. The molecule has 1 amide bonds. The molecule has 0 radical (unpaired) electrons. The van der Waals surface area contributed by atoms with Gasteiger partial charge >= 0.3 is 11.9 Å². The Hall–Kier alpha value is -2.64. The van der Waals surface area contributed by atoms with Crippen molar-refractivity contribution in [3.8, 4) is 5.75 Å². The van der Waals surface area contributed by atoms with Gasteiger partial charge in [0, 0.05) is 6.42 Å². The number of alkyl halides is 1. The fraction of sp³-hybridized carbons (Fsp3) is 0.471. The lowest BCUT2D eigenvalue weighted by atomic mass is 10.00. The van der Waals surface area contributed by atoms with Gasteiger partial charge in [0.15, 0.2) is 0 Å². The summed E-state index contributed by atoms with van der Waals surface area (Å²) >= 11 is 0. The summed E-state index contributed by atoms with van der Waals surface area (Å²) in [6, 6.07) is 2.54. The van der Waals surface area contributed by atoms with E-state index in [0.717, 1.165) is 0 Å². The first-order valence-corrected chi connectivity index (χ1v) is 7.62. The third-order valence-corrected chi connectivity index (χ3v) is 3.12. The van der Waals surface area contributed by atoms with Gasteiger partial charge in [0.25, 0.3) is 0 Å². The van der Waals surface area contributed by atoms with Crippen molar-refractivity contribution in [1.82, 2.24) is 5.32 Å². The molecule has 8 heteroatoms. The Bertz CT molecular complexity index is 653. The molecule has 0 aliphatic carbocycles. The minimum atomic E-state index is -1.34. The van der Waals surface area contributed by atoms with Crippen LogP contribution in [0.15, 0.2) is 18.2 Å². The molecule has 1 atom stereocenters. The molecular weight excluding hydrogens is 333 g/mol.